The zero-order chi connectivity index (χ0) is 17.9. The summed E-state index contributed by atoms with van der Waals surface area (Å²) in [5, 5.41) is 13.9. The molecule has 0 atom stereocenters. The minimum atomic E-state index is 0.821. The molecule has 26 heavy (non-hydrogen) atoms. The molecule has 4 bridgehead atoms. The Balaban J connectivity index is 1.53. The molecule has 0 spiro atoms. The average Bonchev–Trinajstić information content (AvgIpc) is 2.66. The second kappa shape index (κ2) is 11.0. The molecule has 0 aliphatic carbocycles. The Morgan fingerprint density at radius 2 is 0.808 bits per heavy atom. The highest BCUT2D eigenvalue weighted by molar-refractivity contribution is 5.12. The Labute approximate surface area is 156 Å². The van der Waals surface area contributed by atoms with Gasteiger partial charge >= 0.3 is 0 Å². The summed E-state index contributed by atoms with van der Waals surface area (Å²) in [6, 6.07) is 12.5. The molecule has 4 N–H and O–H groups in total. The first-order valence-electron chi connectivity index (χ1n) is 9.63. The summed E-state index contributed by atoms with van der Waals surface area (Å²) in [5.41, 5.74) is 4.42. The van der Waals surface area contributed by atoms with Crippen LogP contribution in [-0.4, -0.2) is 36.1 Å². The van der Waals surface area contributed by atoms with E-state index in [-0.39, 0.29) is 0 Å². The number of nitrogens with one attached hydrogen (secondary N) is 4. The molecular formula is C20H30N6. The molecule has 1 aliphatic heterocycles. The van der Waals surface area contributed by atoms with Gasteiger partial charge in [-0.1, -0.05) is 12.1 Å². The molecule has 140 valence electrons. The van der Waals surface area contributed by atoms with E-state index >= 15 is 0 Å². The molecule has 6 nitrogen and oxygen atoms in total. The predicted molar refractivity (Wildman–Crippen MR) is 105 cm³/mol. The van der Waals surface area contributed by atoms with E-state index in [0.717, 1.165) is 88.0 Å². The Bertz CT molecular complexity index is 556. The third kappa shape index (κ3) is 6.80. The standard InChI is InChI=1S/C20H30N6/c1-5-17-13-21-9-3-11-23-15-19-7-2-8-20(26-19)16-24-12-4-10-22-14-18(6-1)25-17/h1-2,5-8,21-24H,3-4,9-16H2. The Morgan fingerprint density at radius 3 is 1.12 bits per heavy atom. The van der Waals surface area contributed by atoms with E-state index in [0.29, 0.717) is 0 Å². The topological polar surface area (TPSA) is 73.9 Å². The SMILES string of the molecule is c1cc2nc(c1)CNCCCNCc1cccc(n1)CNCCCNC2. The molecule has 6 heteroatoms. The monoisotopic (exact) mass is 354 g/mol. The van der Waals surface area contributed by atoms with Crippen molar-refractivity contribution in [2.75, 3.05) is 26.2 Å². The number of nitrogens with zero attached hydrogens (tertiary/aromatic N) is 2. The molecule has 0 amide bonds. The number of pyridine rings is 2. The van der Waals surface area contributed by atoms with E-state index in [2.05, 4.69) is 57.7 Å². The second-order valence-corrected chi connectivity index (χ2v) is 6.65. The lowest BCUT2D eigenvalue weighted by Crippen LogP contribution is -2.24. The number of fused-ring (bicyclic) bond motifs is 4. The van der Waals surface area contributed by atoms with Gasteiger partial charge in [0.1, 0.15) is 0 Å². The maximum Gasteiger partial charge on any atom is 0.0545 e. The highest BCUT2D eigenvalue weighted by Crippen LogP contribution is 2.01. The quantitative estimate of drug-likeness (QED) is 0.572. The van der Waals surface area contributed by atoms with E-state index in [4.69, 9.17) is 9.97 Å². The minimum absolute atomic E-state index is 0.821. The van der Waals surface area contributed by atoms with Crippen molar-refractivity contribution >= 4 is 0 Å². The smallest absolute Gasteiger partial charge is 0.0545 e. The van der Waals surface area contributed by atoms with Crippen LogP contribution in [0.25, 0.3) is 0 Å². The van der Waals surface area contributed by atoms with Gasteiger partial charge in [-0.3, -0.25) is 9.97 Å². The van der Waals surface area contributed by atoms with Crippen LogP contribution in [0.1, 0.15) is 35.6 Å². The second-order valence-electron chi connectivity index (χ2n) is 6.65. The first-order valence-corrected chi connectivity index (χ1v) is 9.63. The molecule has 2 aromatic rings. The lowest BCUT2D eigenvalue weighted by molar-refractivity contribution is 0.572. The molecule has 0 fully saturated rings. The first kappa shape index (κ1) is 18.9. The van der Waals surface area contributed by atoms with E-state index in [9.17, 15) is 0 Å². The van der Waals surface area contributed by atoms with Crippen LogP contribution in [0.15, 0.2) is 36.4 Å². The molecule has 0 aromatic carbocycles. The van der Waals surface area contributed by atoms with Crippen molar-refractivity contribution in [2.24, 2.45) is 0 Å². The van der Waals surface area contributed by atoms with E-state index in [1.165, 1.54) is 0 Å². The maximum absolute atomic E-state index is 4.71. The van der Waals surface area contributed by atoms with E-state index in [1.807, 2.05) is 0 Å². The molecule has 0 radical (unpaired) electrons. The number of aromatic nitrogens is 2. The molecule has 3 rings (SSSR count). The van der Waals surface area contributed by atoms with Gasteiger partial charge in [-0.2, -0.15) is 0 Å². The highest BCUT2D eigenvalue weighted by Gasteiger charge is 2.01. The summed E-state index contributed by atoms with van der Waals surface area (Å²) in [5.74, 6) is 0. The van der Waals surface area contributed by atoms with Crippen LogP contribution in [0.4, 0.5) is 0 Å². The molecule has 1 aliphatic rings. The Hall–Kier alpha value is -1.86. The Kier molecular flexibility index (Phi) is 7.99. The van der Waals surface area contributed by atoms with Crippen LogP contribution in [0.5, 0.6) is 0 Å². The fourth-order valence-corrected chi connectivity index (χ4v) is 2.99. The van der Waals surface area contributed by atoms with Gasteiger partial charge in [0.25, 0.3) is 0 Å². The number of rotatable bonds is 0. The normalized spacial score (nSPS) is 18.2. The molecular weight excluding hydrogens is 324 g/mol. The average molecular weight is 355 g/mol. The summed E-state index contributed by atoms with van der Waals surface area (Å²) in [6.45, 7) is 7.21. The van der Waals surface area contributed by atoms with Gasteiger partial charge in [0.15, 0.2) is 0 Å². The fourth-order valence-electron chi connectivity index (χ4n) is 2.99. The van der Waals surface area contributed by atoms with Gasteiger partial charge in [-0.25, -0.2) is 0 Å². The van der Waals surface area contributed by atoms with Crippen molar-refractivity contribution in [3.05, 3.63) is 59.2 Å². The first-order chi connectivity index (χ1) is 12.9. The lowest BCUT2D eigenvalue weighted by atomic mass is 10.2. The minimum Gasteiger partial charge on any atom is -0.311 e. The zero-order valence-corrected chi connectivity index (χ0v) is 15.4. The number of hydrogen-bond donors (Lipinski definition) is 4. The summed E-state index contributed by atoms with van der Waals surface area (Å²) >= 11 is 0. The van der Waals surface area contributed by atoms with Crippen LogP contribution >= 0.6 is 0 Å². The van der Waals surface area contributed by atoms with Gasteiger partial charge in [-0.05, 0) is 63.3 Å². The van der Waals surface area contributed by atoms with Gasteiger partial charge in [-0.15, -0.1) is 0 Å². The summed E-state index contributed by atoms with van der Waals surface area (Å²) in [4.78, 5) is 9.43. The van der Waals surface area contributed by atoms with Crippen LogP contribution in [-0.2, 0) is 26.2 Å². The van der Waals surface area contributed by atoms with Crippen LogP contribution in [0, 0.1) is 0 Å². The van der Waals surface area contributed by atoms with Crippen LogP contribution < -0.4 is 21.3 Å². The summed E-state index contributed by atoms with van der Waals surface area (Å²) in [7, 11) is 0. The summed E-state index contributed by atoms with van der Waals surface area (Å²) < 4.78 is 0. The third-order valence-electron chi connectivity index (χ3n) is 4.37. The van der Waals surface area contributed by atoms with Crippen molar-refractivity contribution in [3.8, 4) is 0 Å². The van der Waals surface area contributed by atoms with Gasteiger partial charge in [0.05, 0.1) is 22.8 Å². The van der Waals surface area contributed by atoms with Gasteiger partial charge in [0.2, 0.25) is 0 Å². The maximum atomic E-state index is 4.71. The molecule has 0 saturated heterocycles. The van der Waals surface area contributed by atoms with Gasteiger partial charge in [0, 0.05) is 26.2 Å². The number of hydrogen-bond acceptors (Lipinski definition) is 6. The van der Waals surface area contributed by atoms with E-state index in [1.54, 1.807) is 0 Å². The van der Waals surface area contributed by atoms with E-state index < -0.39 is 0 Å². The van der Waals surface area contributed by atoms with Crippen molar-refractivity contribution < 1.29 is 0 Å². The molecule has 2 aromatic heterocycles. The Morgan fingerprint density at radius 1 is 0.500 bits per heavy atom. The fraction of sp³-hybridized carbons (Fsp3) is 0.500. The summed E-state index contributed by atoms with van der Waals surface area (Å²) in [6.07, 6.45) is 2.17. The largest absolute Gasteiger partial charge is 0.311 e. The van der Waals surface area contributed by atoms with Crippen molar-refractivity contribution in [1.82, 2.24) is 31.2 Å². The predicted octanol–water partition coefficient (Wildman–Crippen LogP) is 1.33. The third-order valence-corrected chi connectivity index (χ3v) is 4.37. The van der Waals surface area contributed by atoms with Crippen molar-refractivity contribution in [3.63, 3.8) is 0 Å². The van der Waals surface area contributed by atoms with Crippen LogP contribution in [0.2, 0.25) is 0 Å². The highest BCUT2D eigenvalue weighted by atomic mass is 14.9. The van der Waals surface area contributed by atoms with Crippen LogP contribution in [0.3, 0.4) is 0 Å². The zero-order valence-electron chi connectivity index (χ0n) is 15.4. The van der Waals surface area contributed by atoms with Gasteiger partial charge < -0.3 is 21.3 Å². The molecule has 3 heterocycles. The van der Waals surface area contributed by atoms with Crippen molar-refractivity contribution in [2.45, 2.75) is 39.0 Å². The molecule has 0 saturated carbocycles. The molecule has 0 unspecified atom stereocenters. The van der Waals surface area contributed by atoms with Crippen molar-refractivity contribution in [1.29, 1.82) is 0 Å². The lowest BCUT2D eigenvalue weighted by Gasteiger charge is -2.10.